The first-order chi connectivity index (χ1) is 42.8. The Bertz CT molecular complexity index is 2130. The fourth-order valence-corrected chi connectivity index (χ4v) is 13.4. The fraction of sp³-hybridized carbons (Fsp3) is 0.947. The molecule has 0 unspecified atom stereocenters. The molecule has 0 spiro atoms. The highest BCUT2D eigenvalue weighted by atomic mass is 16.8. The average Bonchev–Trinajstić information content (AvgIpc) is 1.54. The van der Waals surface area contributed by atoms with Gasteiger partial charge in [0.05, 0.1) is 40.1 Å². The van der Waals surface area contributed by atoms with Crippen LogP contribution >= 0.6 is 0 Å². The number of hydrogen-bond donors (Lipinski definition) is 0. The van der Waals surface area contributed by atoms with Crippen molar-refractivity contribution < 1.29 is 142 Å². The van der Waals surface area contributed by atoms with E-state index in [0.29, 0.717) is 0 Å². The van der Waals surface area contributed by atoms with Crippen molar-refractivity contribution >= 4 is 0 Å². The highest BCUT2D eigenvalue weighted by molar-refractivity contribution is 5.03. The second-order valence-corrected chi connectivity index (χ2v) is 22.3. The van der Waals surface area contributed by atoms with Crippen LogP contribution in [-0.2, 0) is 151 Å². The van der Waals surface area contributed by atoms with Gasteiger partial charge in [-0.25, -0.2) is 9.13 Å². The molecule has 31 nitrogen and oxygen atoms in total. The Hall–Kier alpha value is -1.95. The minimum Gasteiger partial charge on any atom is -0.382 e. The first kappa shape index (κ1) is 71.9. The molecule has 1 aromatic rings. The molecule has 30 atom stereocenters. The maximum atomic E-state index is 7.16. The third-order valence-corrected chi connectivity index (χ3v) is 17.4. The summed E-state index contributed by atoms with van der Waals surface area (Å²) in [6.45, 7) is 0.192. The lowest BCUT2D eigenvalue weighted by Gasteiger charge is -2.53. The average molecular weight is 1280 g/mol. The largest absolute Gasteiger partial charge is 0.382 e. The lowest BCUT2D eigenvalue weighted by atomic mass is 9.94. The van der Waals surface area contributed by atoms with Gasteiger partial charge in [-0.3, -0.25) is 0 Å². The van der Waals surface area contributed by atoms with Gasteiger partial charge in [0.25, 0.3) is 0 Å². The van der Waals surface area contributed by atoms with Crippen molar-refractivity contribution in [1.29, 1.82) is 0 Å². The lowest BCUT2D eigenvalue weighted by Crippen LogP contribution is -2.70. The van der Waals surface area contributed by atoms with Crippen LogP contribution in [0.1, 0.15) is 0 Å². The maximum absolute atomic E-state index is 7.16. The van der Waals surface area contributed by atoms with E-state index in [4.69, 9.17) is 137 Å². The first-order valence-electron chi connectivity index (χ1n) is 29.4. The van der Waals surface area contributed by atoms with Crippen molar-refractivity contribution in [3.05, 3.63) is 18.7 Å². The van der Waals surface area contributed by atoms with Crippen molar-refractivity contribution in [2.45, 2.75) is 191 Å². The Balaban J connectivity index is 1.25. The van der Waals surface area contributed by atoms with Crippen LogP contribution in [0.3, 0.4) is 0 Å². The Labute approximate surface area is 515 Å². The smallest absolute Gasteiger partial charge is 0.243 e. The molecular weight excluding hydrogens is 1180 g/mol. The Morgan fingerprint density at radius 3 is 0.636 bits per heavy atom. The minimum atomic E-state index is -1.18. The third kappa shape index (κ3) is 15.4. The molecule has 23 heterocycles. The molecule has 0 amide bonds. The molecule has 22 saturated heterocycles. The highest BCUT2D eigenvalue weighted by Gasteiger charge is 2.61. The van der Waals surface area contributed by atoms with Crippen LogP contribution in [-0.4, -0.2) is 343 Å². The molecule has 0 N–H and O–H groups in total. The Morgan fingerprint density at radius 1 is 0.273 bits per heavy atom. The summed E-state index contributed by atoms with van der Waals surface area (Å²) in [5, 5.41) is 0. The number of ether oxygens (including phenoxy) is 29. The van der Waals surface area contributed by atoms with E-state index >= 15 is 0 Å². The van der Waals surface area contributed by atoms with Crippen molar-refractivity contribution in [2.24, 2.45) is 7.05 Å². The standard InChI is InChI=1S/C57H99N2O29/c1-58-19-20-59(27-58)21-28-34-40(65-7)46(71-13)52(77-28)84-35-29(22-60-2)79-54(48(73-15)41(35)66-8)86-37-31(24-62-4)81-56(50(75-17)43(37)68-10)88-39-33(26-64-6)82-57(51(76-18)45(39)70-12)87-38-32(25-63-5)80-55(49(74-16)44(38)69-11)85-36-30(23-61-3)78-53(83-34)47(72-14)42(36)67-9/h19-20,27-57H,21-26H2,1-18H3/q+1/t28-,29-,30-,31-,32-,33-,34-,35-,36-,37-,38-,39-,40+,41+,42+,43+,44+,45+,46-,47-,48-,49-,50-,51-,52-,53-,54-,55-,56-,57-/m1/s1. The van der Waals surface area contributed by atoms with Crippen molar-refractivity contribution in [1.82, 2.24) is 4.57 Å². The second-order valence-electron chi connectivity index (χ2n) is 22.3. The van der Waals surface area contributed by atoms with E-state index in [9.17, 15) is 0 Å². The third-order valence-electron chi connectivity index (χ3n) is 17.4. The van der Waals surface area contributed by atoms with Crippen molar-refractivity contribution in [3.8, 4) is 0 Å². The summed E-state index contributed by atoms with van der Waals surface area (Å²) < 4.78 is 192. The number of imidazole rings is 1. The summed E-state index contributed by atoms with van der Waals surface area (Å²) >= 11 is 0. The predicted molar refractivity (Wildman–Crippen MR) is 296 cm³/mol. The Morgan fingerprint density at radius 2 is 0.466 bits per heavy atom. The van der Waals surface area contributed by atoms with E-state index in [2.05, 4.69) is 0 Å². The molecule has 0 saturated carbocycles. The van der Waals surface area contributed by atoms with Crippen molar-refractivity contribution in [3.63, 3.8) is 0 Å². The summed E-state index contributed by atoms with van der Waals surface area (Å²) in [6.07, 6.45) is -23.9. The fourth-order valence-electron chi connectivity index (χ4n) is 13.4. The van der Waals surface area contributed by atoms with Gasteiger partial charge in [-0.15, -0.1) is 0 Å². The van der Waals surface area contributed by atoms with Gasteiger partial charge in [0.15, 0.2) is 37.7 Å². The number of methoxy groups -OCH3 is 17. The molecule has 0 aromatic carbocycles. The number of hydrogen-bond acceptors (Lipinski definition) is 29. The molecule has 22 aliphatic heterocycles. The summed E-state index contributed by atoms with van der Waals surface area (Å²) in [4.78, 5) is 0. The molecular formula is C57H99N2O29+. The van der Waals surface area contributed by atoms with Gasteiger partial charge in [-0.05, 0) is 0 Å². The van der Waals surface area contributed by atoms with E-state index in [1.54, 1.807) is 21.3 Å². The summed E-state index contributed by atoms with van der Waals surface area (Å²) in [5.74, 6) is 0. The van der Waals surface area contributed by atoms with E-state index in [1.807, 2.05) is 34.9 Å². The van der Waals surface area contributed by atoms with Crippen LogP contribution in [0.5, 0.6) is 0 Å². The van der Waals surface area contributed by atoms with E-state index in [0.717, 1.165) is 0 Å². The SMILES string of the molecule is COC[C@H]1O[C@@H]2O[C@H]3[C@H](OC)[C@@H](OC)[C@@H](O[C@H]4[C@H](OC)[C@@H](OC)[C@@H](O[C@H]5[C@H](OC)[C@@H](OC)[C@@H](O[C@H]6[C@H](OC)[C@@H](OC)[C@@H](O[C@H]7[C@H](OC)[C@@H](OC)[C@@H](O[C@H]1[C@H](OC)[C@H]2OC)O[C@@H]7COC)O[C@@H]6COC)O[C@@H]5Cn1cc[n+](C)c1)O[C@@H]4COC)O[C@@H]3COC. The van der Waals surface area contributed by atoms with Gasteiger partial charge in [0.1, 0.15) is 165 Å². The number of nitrogens with zero attached hydrogens (tertiary/aromatic N) is 2. The van der Waals surface area contributed by atoms with Crippen LogP contribution in [0.15, 0.2) is 18.7 Å². The van der Waals surface area contributed by atoms with Crippen LogP contribution < -0.4 is 4.57 Å². The molecule has 12 bridgehead atoms. The normalized spacial score (nSPS) is 44.5. The van der Waals surface area contributed by atoms with E-state index < -0.39 is 184 Å². The van der Waals surface area contributed by atoms with E-state index in [-0.39, 0.29) is 39.6 Å². The van der Waals surface area contributed by atoms with Gasteiger partial charge in [-0.2, -0.15) is 0 Å². The second kappa shape index (κ2) is 34.5. The zero-order valence-corrected chi connectivity index (χ0v) is 54.0. The monoisotopic (exact) mass is 1280 g/mol. The lowest BCUT2D eigenvalue weighted by molar-refractivity contribution is -0.671. The predicted octanol–water partition coefficient (Wildman–Crippen LogP) is -1.60. The summed E-state index contributed by atoms with van der Waals surface area (Å²) in [5.41, 5.74) is 0. The summed E-state index contributed by atoms with van der Waals surface area (Å²) in [7, 11) is 27.9. The molecule has 88 heavy (non-hydrogen) atoms. The van der Waals surface area contributed by atoms with Gasteiger partial charge in [0.2, 0.25) is 6.33 Å². The Kier molecular flexibility index (Phi) is 28.1. The van der Waals surface area contributed by atoms with Crippen LogP contribution in [0.2, 0.25) is 0 Å². The molecule has 31 heteroatoms. The molecule has 0 radical (unpaired) electrons. The number of aryl methyl sites for hydroxylation is 1. The van der Waals surface area contributed by atoms with Crippen LogP contribution in [0.25, 0.3) is 0 Å². The molecule has 22 aliphatic rings. The van der Waals surface area contributed by atoms with Gasteiger partial charge >= 0.3 is 0 Å². The van der Waals surface area contributed by atoms with Crippen LogP contribution in [0, 0.1) is 0 Å². The number of aromatic nitrogens is 2. The van der Waals surface area contributed by atoms with E-state index in [1.165, 1.54) is 99.5 Å². The molecule has 23 rings (SSSR count). The molecule has 1 aromatic heterocycles. The molecule has 22 fully saturated rings. The summed E-state index contributed by atoms with van der Waals surface area (Å²) in [6, 6.07) is 0. The zero-order chi connectivity index (χ0) is 63.3. The van der Waals surface area contributed by atoms with Crippen LogP contribution in [0.4, 0.5) is 0 Å². The first-order valence-corrected chi connectivity index (χ1v) is 29.4. The quantitative estimate of drug-likeness (QED) is 0.105. The topological polar surface area (TPSA) is 276 Å². The maximum Gasteiger partial charge on any atom is 0.243 e. The number of rotatable bonds is 24. The van der Waals surface area contributed by atoms with Crippen molar-refractivity contribution in [2.75, 3.05) is 154 Å². The van der Waals surface area contributed by atoms with Gasteiger partial charge in [-0.1, -0.05) is 0 Å². The molecule has 0 aliphatic carbocycles. The minimum absolute atomic E-state index is 0.00611. The van der Waals surface area contributed by atoms with Gasteiger partial charge < -0.3 is 137 Å². The van der Waals surface area contributed by atoms with Gasteiger partial charge in [0, 0.05) is 121 Å². The zero-order valence-electron chi connectivity index (χ0n) is 54.0. The molecule has 510 valence electrons. The highest BCUT2D eigenvalue weighted by Crippen LogP contribution is 2.42.